The lowest BCUT2D eigenvalue weighted by atomic mass is 10.1. The second kappa shape index (κ2) is 6.01. The Kier molecular flexibility index (Phi) is 4.88. The van der Waals surface area contributed by atoms with Gasteiger partial charge < -0.3 is 10.3 Å². The summed E-state index contributed by atoms with van der Waals surface area (Å²) in [5.74, 6) is 0. The monoisotopic (exact) mass is 289 g/mol. The van der Waals surface area contributed by atoms with Crippen LogP contribution in [0.2, 0.25) is 0 Å². The highest BCUT2D eigenvalue weighted by molar-refractivity contribution is 7.79. The quantitative estimate of drug-likeness (QED) is 0.625. The zero-order valence-corrected chi connectivity index (χ0v) is 11.3. The molecule has 104 valence electrons. The molecular weight excluding hydrogens is 275 g/mol. The molecule has 0 saturated heterocycles. The molecule has 0 aliphatic rings. The van der Waals surface area contributed by atoms with Gasteiger partial charge in [-0.2, -0.15) is 25.8 Å². The van der Waals surface area contributed by atoms with Crippen LogP contribution >= 0.6 is 12.6 Å². The van der Waals surface area contributed by atoms with Crippen LogP contribution in [0.25, 0.3) is 5.69 Å². The standard InChI is InChI=1S/C11H10F3N3.CH4S/c1-7-5-17(6-16-7)10-3-8(11(12,13)14)2-9(15)4-10;1-2/h2-6H,15H2,1H3;2H,1H3. The lowest BCUT2D eigenvalue weighted by Crippen LogP contribution is -2.07. The van der Waals surface area contributed by atoms with Crippen molar-refractivity contribution in [1.82, 2.24) is 9.55 Å². The molecule has 0 bridgehead atoms. The van der Waals surface area contributed by atoms with Gasteiger partial charge in [-0.1, -0.05) is 0 Å². The average Bonchev–Trinajstić information content (AvgIpc) is 2.77. The van der Waals surface area contributed by atoms with Gasteiger partial charge in [0.25, 0.3) is 0 Å². The summed E-state index contributed by atoms with van der Waals surface area (Å²) in [5.41, 5.74) is 5.84. The molecule has 1 aromatic carbocycles. The Morgan fingerprint density at radius 2 is 1.84 bits per heavy atom. The molecule has 2 N–H and O–H groups in total. The lowest BCUT2D eigenvalue weighted by Gasteiger charge is -2.10. The number of halogens is 3. The Morgan fingerprint density at radius 3 is 2.32 bits per heavy atom. The highest BCUT2D eigenvalue weighted by atomic mass is 32.1. The van der Waals surface area contributed by atoms with E-state index >= 15 is 0 Å². The van der Waals surface area contributed by atoms with Gasteiger partial charge in [0, 0.05) is 17.6 Å². The van der Waals surface area contributed by atoms with E-state index in [1.807, 2.05) is 0 Å². The zero-order valence-electron chi connectivity index (χ0n) is 10.4. The van der Waals surface area contributed by atoms with Crippen molar-refractivity contribution in [3.05, 3.63) is 42.0 Å². The Hall–Kier alpha value is -1.63. The van der Waals surface area contributed by atoms with Gasteiger partial charge in [0.1, 0.15) is 0 Å². The molecule has 3 nitrogen and oxygen atoms in total. The SMILES string of the molecule is CS.Cc1cn(-c2cc(N)cc(C(F)(F)F)c2)cn1. The molecule has 0 atom stereocenters. The highest BCUT2D eigenvalue weighted by Gasteiger charge is 2.31. The van der Waals surface area contributed by atoms with Gasteiger partial charge in [0.2, 0.25) is 0 Å². The van der Waals surface area contributed by atoms with Gasteiger partial charge in [-0.15, -0.1) is 0 Å². The maximum atomic E-state index is 12.6. The second-order valence-electron chi connectivity index (χ2n) is 3.73. The van der Waals surface area contributed by atoms with Crippen molar-refractivity contribution >= 4 is 18.3 Å². The Labute approximate surface area is 114 Å². The number of nitrogen functional groups attached to an aromatic ring is 1. The van der Waals surface area contributed by atoms with Crippen LogP contribution in [-0.4, -0.2) is 15.8 Å². The van der Waals surface area contributed by atoms with E-state index in [1.54, 1.807) is 19.4 Å². The van der Waals surface area contributed by atoms with Gasteiger partial charge in [0.05, 0.1) is 17.6 Å². The largest absolute Gasteiger partial charge is 0.416 e. The molecule has 0 fully saturated rings. The van der Waals surface area contributed by atoms with Crippen molar-refractivity contribution in [2.75, 3.05) is 12.0 Å². The summed E-state index contributed by atoms with van der Waals surface area (Å²) >= 11 is 3.53. The fraction of sp³-hybridized carbons (Fsp3) is 0.250. The number of aryl methyl sites for hydroxylation is 1. The summed E-state index contributed by atoms with van der Waals surface area (Å²) in [6.45, 7) is 1.76. The van der Waals surface area contributed by atoms with Crippen molar-refractivity contribution < 1.29 is 13.2 Å². The van der Waals surface area contributed by atoms with Crippen molar-refractivity contribution in [3.63, 3.8) is 0 Å². The summed E-state index contributed by atoms with van der Waals surface area (Å²) in [6, 6.07) is 3.42. The first-order valence-corrected chi connectivity index (χ1v) is 6.19. The van der Waals surface area contributed by atoms with Crippen molar-refractivity contribution in [2.24, 2.45) is 0 Å². The molecule has 0 saturated carbocycles. The third kappa shape index (κ3) is 3.92. The van der Waals surface area contributed by atoms with Crippen molar-refractivity contribution in [3.8, 4) is 5.69 Å². The molecule has 1 heterocycles. The Balaban J connectivity index is 0.000000861. The minimum absolute atomic E-state index is 0.0705. The first-order chi connectivity index (χ1) is 8.86. The molecular formula is C12H14F3N3S. The smallest absolute Gasteiger partial charge is 0.399 e. The summed E-state index contributed by atoms with van der Waals surface area (Å²) < 4.78 is 39.3. The number of alkyl halides is 3. The summed E-state index contributed by atoms with van der Waals surface area (Å²) in [4.78, 5) is 3.96. The number of benzene rings is 1. The van der Waals surface area contributed by atoms with Gasteiger partial charge in [-0.05, 0) is 31.4 Å². The zero-order chi connectivity index (χ0) is 14.6. The minimum atomic E-state index is -4.40. The lowest BCUT2D eigenvalue weighted by molar-refractivity contribution is -0.137. The average molecular weight is 289 g/mol. The molecule has 1 aromatic heterocycles. The van der Waals surface area contributed by atoms with Crippen LogP contribution in [0.4, 0.5) is 18.9 Å². The third-order valence-electron chi connectivity index (χ3n) is 2.28. The van der Waals surface area contributed by atoms with E-state index < -0.39 is 11.7 Å². The van der Waals surface area contributed by atoms with E-state index in [4.69, 9.17) is 5.73 Å². The number of hydrogen-bond donors (Lipinski definition) is 2. The predicted molar refractivity (Wildman–Crippen MR) is 72.6 cm³/mol. The number of aromatic nitrogens is 2. The molecule has 0 amide bonds. The number of rotatable bonds is 1. The normalized spacial score (nSPS) is 10.8. The molecule has 0 radical (unpaired) electrons. The Bertz CT molecular complexity index is 549. The van der Waals surface area contributed by atoms with E-state index in [-0.39, 0.29) is 5.69 Å². The highest BCUT2D eigenvalue weighted by Crippen LogP contribution is 2.32. The number of imidazole rings is 1. The molecule has 0 aliphatic heterocycles. The van der Waals surface area contributed by atoms with Gasteiger partial charge in [-0.3, -0.25) is 0 Å². The van der Waals surface area contributed by atoms with Crippen LogP contribution in [0, 0.1) is 6.92 Å². The molecule has 19 heavy (non-hydrogen) atoms. The van der Waals surface area contributed by atoms with E-state index in [2.05, 4.69) is 17.6 Å². The van der Waals surface area contributed by atoms with E-state index in [0.29, 0.717) is 5.69 Å². The van der Waals surface area contributed by atoms with Gasteiger partial charge >= 0.3 is 6.18 Å². The first-order valence-electron chi connectivity index (χ1n) is 5.30. The Morgan fingerprint density at radius 1 is 1.21 bits per heavy atom. The number of nitrogens with two attached hydrogens (primary N) is 1. The van der Waals surface area contributed by atoms with Crippen molar-refractivity contribution in [2.45, 2.75) is 13.1 Å². The van der Waals surface area contributed by atoms with Gasteiger partial charge in [-0.25, -0.2) is 4.98 Å². The maximum Gasteiger partial charge on any atom is 0.416 e. The van der Waals surface area contributed by atoms with Crippen LogP contribution in [-0.2, 0) is 6.18 Å². The molecule has 2 aromatic rings. The van der Waals surface area contributed by atoms with Crippen LogP contribution in [0.1, 0.15) is 11.3 Å². The van der Waals surface area contributed by atoms with E-state index in [0.717, 1.165) is 17.8 Å². The second-order valence-corrected chi connectivity index (χ2v) is 3.73. The molecule has 0 spiro atoms. The third-order valence-corrected chi connectivity index (χ3v) is 2.28. The summed E-state index contributed by atoms with van der Waals surface area (Å²) in [7, 11) is 0. The predicted octanol–water partition coefficient (Wildman–Crippen LogP) is 3.33. The minimum Gasteiger partial charge on any atom is -0.399 e. The maximum absolute atomic E-state index is 12.6. The molecule has 2 rings (SSSR count). The van der Waals surface area contributed by atoms with Crippen LogP contribution < -0.4 is 5.73 Å². The topological polar surface area (TPSA) is 43.8 Å². The van der Waals surface area contributed by atoms with Crippen LogP contribution in [0.3, 0.4) is 0 Å². The fourth-order valence-corrected chi connectivity index (χ4v) is 1.51. The molecule has 7 heteroatoms. The van der Waals surface area contributed by atoms with E-state index in [1.165, 1.54) is 17.0 Å². The van der Waals surface area contributed by atoms with Crippen LogP contribution in [0.15, 0.2) is 30.7 Å². The number of nitrogens with zero attached hydrogens (tertiary/aromatic N) is 2. The summed E-state index contributed by atoms with van der Waals surface area (Å²) in [6.07, 6.45) is 0.374. The fourth-order valence-electron chi connectivity index (χ4n) is 1.51. The number of hydrogen-bond acceptors (Lipinski definition) is 3. The molecule has 0 unspecified atom stereocenters. The van der Waals surface area contributed by atoms with E-state index in [9.17, 15) is 13.2 Å². The first kappa shape index (κ1) is 15.4. The van der Waals surface area contributed by atoms with Crippen molar-refractivity contribution in [1.29, 1.82) is 0 Å². The number of thiol groups is 1. The number of anilines is 1. The van der Waals surface area contributed by atoms with Crippen LogP contribution in [0.5, 0.6) is 0 Å². The van der Waals surface area contributed by atoms with Gasteiger partial charge in [0.15, 0.2) is 0 Å². The summed E-state index contributed by atoms with van der Waals surface area (Å²) in [5, 5.41) is 0. The molecule has 0 aliphatic carbocycles.